The highest BCUT2D eigenvalue weighted by atomic mass is 16.5. The van der Waals surface area contributed by atoms with Crippen molar-refractivity contribution in [2.75, 3.05) is 25.6 Å². The van der Waals surface area contributed by atoms with E-state index in [4.69, 9.17) is 9.47 Å². The second-order valence-electron chi connectivity index (χ2n) is 5.84. The summed E-state index contributed by atoms with van der Waals surface area (Å²) in [5, 5.41) is 3.65. The average Bonchev–Trinajstić information content (AvgIpc) is 2.48. The second kappa shape index (κ2) is 9.67. The van der Waals surface area contributed by atoms with Crippen LogP contribution in [0.3, 0.4) is 0 Å². The van der Waals surface area contributed by atoms with Crippen molar-refractivity contribution in [2.24, 2.45) is 5.92 Å². The molecule has 21 heavy (non-hydrogen) atoms. The molecule has 1 aromatic carbocycles. The van der Waals surface area contributed by atoms with Gasteiger partial charge in [0, 0.05) is 13.2 Å². The highest BCUT2D eigenvalue weighted by Gasteiger charge is 2.13. The van der Waals surface area contributed by atoms with Crippen LogP contribution in [0.2, 0.25) is 0 Å². The minimum absolute atomic E-state index is 0.493. The second-order valence-corrected chi connectivity index (χ2v) is 5.84. The van der Waals surface area contributed by atoms with Gasteiger partial charge in [0.1, 0.15) is 12.4 Å². The quantitative estimate of drug-likeness (QED) is 0.637. The highest BCUT2D eigenvalue weighted by Crippen LogP contribution is 2.28. The number of nitrogens with one attached hydrogen (secondary N) is 1. The van der Waals surface area contributed by atoms with Crippen molar-refractivity contribution in [2.45, 2.75) is 53.0 Å². The molecule has 1 N–H and O–H groups in total. The van der Waals surface area contributed by atoms with Crippen LogP contribution in [0.4, 0.5) is 5.69 Å². The molecule has 2 unspecified atom stereocenters. The first-order valence-corrected chi connectivity index (χ1v) is 8.09. The van der Waals surface area contributed by atoms with Crippen LogP contribution < -0.4 is 10.1 Å². The van der Waals surface area contributed by atoms with Gasteiger partial charge in [0.05, 0.1) is 12.3 Å². The molecule has 3 heteroatoms. The van der Waals surface area contributed by atoms with E-state index >= 15 is 0 Å². The molecule has 0 bridgehead atoms. The van der Waals surface area contributed by atoms with Crippen molar-refractivity contribution in [3.63, 3.8) is 0 Å². The topological polar surface area (TPSA) is 30.5 Å². The molecule has 2 atom stereocenters. The minimum Gasteiger partial charge on any atom is -0.489 e. The number of benzene rings is 1. The Kier molecular flexibility index (Phi) is 8.21. The Morgan fingerprint density at radius 3 is 2.52 bits per heavy atom. The van der Waals surface area contributed by atoms with E-state index in [2.05, 4.69) is 51.2 Å². The van der Waals surface area contributed by atoms with Gasteiger partial charge in [-0.2, -0.15) is 0 Å². The van der Waals surface area contributed by atoms with Crippen LogP contribution >= 0.6 is 0 Å². The predicted molar refractivity (Wildman–Crippen MR) is 90.3 cm³/mol. The lowest BCUT2D eigenvalue weighted by Gasteiger charge is -2.23. The number of methoxy groups -OCH3 is 1. The van der Waals surface area contributed by atoms with Gasteiger partial charge in [-0.15, -0.1) is 0 Å². The van der Waals surface area contributed by atoms with Gasteiger partial charge in [-0.25, -0.2) is 0 Å². The molecule has 0 heterocycles. The van der Waals surface area contributed by atoms with Gasteiger partial charge in [0.25, 0.3) is 0 Å². The first-order valence-electron chi connectivity index (χ1n) is 8.09. The van der Waals surface area contributed by atoms with Gasteiger partial charge in [0.15, 0.2) is 0 Å². The van der Waals surface area contributed by atoms with Crippen LogP contribution in [0.15, 0.2) is 18.2 Å². The smallest absolute Gasteiger partial charge is 0.142 e. The summed E-state index contributed by atoms with van der Waals surface area (Å²) >= 11 is 0. The fourth-order valence-corrected chi connectivity index (χ4v) is 2.30. The van der Waals surface area contributed by atoms with Crippen molar-refractivity contribution in [1.29, 1.82) is 0 Å². The fourth-order valence-electron chi connectivity index (χ4n) is 2.30. The molecule has 0 aliphatic rings. The molecule has 0 fully saturated rings. The molecule has 0 saturated heterocycles. The number of aryl methyl sites for hydroxylation is 1. The lowest BCUT2D eigenvalue weighted by molar-refractivity contribution is 0.146. The maximum atomic E-state index is 5.85. The zero-order valence-corrected chi connectivity index (χ0v) is 14.2. The Bertz CT molecular complexity index is 406. The SMILES string of the molecule is CCC(C)CC(CC)Nc1ccc(C)cc1OCCOC. The summed E-state index contributed by atoms with van der Waals surface area (Å²) in [6, 6.07) is 6.83. The van der Waals surface area contributed by atoms with Gasteiger partial charge in [0.2, 0.25) is 0 Å². The number of hydrogen-bond donors (Lipinski definition) is 1. The van der Waals surface area contributed by atoms with Crippen LogP contribution in [-0.2, 0) is 4.74 Å². The molecule has 0 aromatic heterocycles. The fraction of sp³-hybridized carbons (Fsp3) is 0.667. The number of rotatable bonds is 10. The first-order chi connectivity index (χ1) is 10.1. The molecule has 3 nitrogen and oxygen atoms in total. The van der Waals surface area contributed by atoms with Gasteiger partial charge < -0.3 is 14.8 Å². The molecule has 0 aliphatic carbocycles. The highest BCUT2D eigenvalue weighted by molar-refractivity contribution is 5.58. The molecule has 1 aromatic rings. The Balaban J connectivity index is 2.74. The lowest BCUT2D eigenvalue weighted by Crippen LogP contribution is -2.22. The third-order valence-corrected chi connectivity index (χ3v) is 3.92. The van der Waals surface area contributed by atoms with E-state index in [0.717, 1.165) is 23.8 Å². The summed E-state index contributed by atoms with van der Waals surface area (Å²) in [6.45, 7) is 10.1. The van der Waals surface area contributed by atoms with Crippen molar-refractivity contribution in [3.05, 3.63) is 23.8 Å². The predicted octanol–water partition coefficient (Wildman–Crippen LogP) is 4.65. The van der Waals surface area contributed by atoms with Crippen LogP contribution in [0.5, 0.6) is 5.75 Å². The zero-order chi connectivity index (χ0) is 15.7. The number of anilines is 1. The van der Waals surface area contributed by atoms with E-state index < -0.39 is 0 Å². The molecule has 0 radical (unpaired) electrons. The molecule has 0 amide bonds. The first kappa shape index (κ1) is 17.8. The summed E-state index contributed by atoms with van der Waals surface area (Å²) in [7, 11) is 1.69. The van der Waals surface area contributed by atoms with Crippen LogP contribution in [-0.4, -0.2) is 26.4 Å². The summed E-state index contributed by atoms with van der Waals surface area (Å²) in [5.74, 6) is 1.67. The van der Waals surface area contributed by atoms with E-state index in [-0.39, 0.29) is 0 Å². The minimum atomic E-state index is 0.493. The molecular formula is C18H31NO2. The van der Waals surface area contributed by atoms with Gasteiger partial charge in [-0.1, -0.05) is 33.3 Å². The van der Waals surface area contributed by atoms with E-state index in [1.165, 1.54) is 18.4 Å². The molecule has 1 rings (SSSR count). The molecule has 120 valence electrons. The average molecular weight is 293 g/mol. The van der Waals surface area contributed by atoms with Crippen molar-refractivity contribution >= 4 is 5.69 Å². The van der Waals surface area contributed by atoms with E-state index in [1.54, 1.807) is 7.11 Å². The van der Waals surface area contributed by atoms with Gasteiger partial charge in [-0.05, 0) is 43.4 Å². The standard InChI is InChI=1S/C18H31NO2/c1-6-14(3)12-16(7-2)19-17-9-8-15(4)13-18(17)21-11-10-20-5/h8-9,13-14,16,19H,6-7,10-12H2,1-5H3. The Morgan fingerprint density at radius 1 is 1.14 bits per heavy atom. The van der Waals surface area contributed by atoms with Gasteiger partial charge >= 0.3 is 0 Å². The molecule has 0 spiro atoms. The largest absolute Gasteiger partial charge is 0.489 e. The van der Waals surface area contributed by atoms with Crippen molar-refractivity contribution < 1.29 is 9.47 Å². The number of hydrogen-bond acceptors (Lipinski definition) is 3. The Hall–Kier alpha value is -1.22. The molecule has 0 aliphatic heterocycles. The van der Waals surface area contributed by atoms with E-state index in [0.29, 0.717) is 19.3 Å². The molecule has 0 saturated carbocycles. The normalized spacial score (nSPS) is 13.8. The van der Waals surface area contributed by atoms with Gasteiger partial charge in [-0.3, -0.25) is 0 Å². The molecular weight excluding hydrogens is 262 g/mol. The zero-order valence-electron chi connectivity index (χ0n) is 14.2. The van der Waals surface area contributed by atoms with Crippen molar-refractivity contribution in [3.8, 4) is 5.75 Å². The summed E-state index contributed by atoms with van der Waals surface area (Å²) in [5.41, 5.74) is 2.30. The third kappa shape index (κ3) is 6.38. The third-order valence-electron chi connectivity index (χ3n) is 3.92. The van der Waals surface area contributed by atoms with Crippen LogP contribution in [0.25, 0.3) is 0 Å². The Morgan fingerprint density at radius 2 is 1.90 bits per heavy atom. The number of ether oxygens (including phenoxy) is 2. The van der Waals surface area contributed by atoms with Crippen molar-refractivity contribution in [1.82, 2.24) is 0 Å². The maximum Gasteiger partial charge on any atom is 0.142 e. The summed E-state index contributed by atoms with van der Waals surface area (Å²) in [4.78, 5) is 0. The van der Waals surface area contributed by atoms with Crippen LogP contribution in [0, 0.1) is 12.8 Å². The monoisotopic (exact) mass is 293 g/mol. The lowest BCUT2D eigenvalue weighted by atomic mass is 9.97. The van der Waals surface area contributed by atoms with Crippen LogP contribution in [0.1, 0.15) is 45.6 Å². The van der Waals surface area contributed by atoms with E-state index in [9.17, 15) is 0 Å². The Labute approximate surface area is 130 Å². The maximum absolute atomic E-state index is 5.85. The summed E-state index contributed by atoms with van der Waals surface area (Å²) in [6.07, 6.45) is 3.54. The summed E-state index contributed by atoms with van der Waals surface area (Å²) < 4.78 is 10.9. The van der Waals surface area contributed by atoms with E-state index in [1.807, 2.05) is 0 Å².